The van der Waals surface area contributed by atoms with Gasteiger partial charge in [0.25, 0.3) is 0 Å². The van der Waals surface area contributed by atoms with Gasteiger partial charge in [0.1, 0.15) is 0 Å². The molecule has 2 aliphatic rings. The van der Waals surface area contributed by atoms with Crippen LogP contribution >= 0.6 is 0 Å². The maximum atomic E-state index is 11.8. The molecule has 0 bridgehead atoms. The van der Waals surface area contributed by atoms with Crippen molar-refractivity contribution in [2.24, 2.45) is 11.8 Å². The Hall–Kier alpha value is -1.39. The molecule has 88 valence electrons. The molecule has 2 atom stereocenters. The number of carbonyl (C=O) groups excluding carboxylic acids is 2. The molecule has 1 N–H and O–H groups in total. The second-order valence-corrected chi connectivity index (χ2v) is 4.47. The van der Waals surface area contributed by atoms with E-state index >= 15 is 0 Å². The highest BCUT2D eigenvalue weighted by molar-refractivity contribution is 6.05. The predicted molar refractivity (Wildman–Crippen MR) is 54.4 cm³/mol. The largest absolute Gasteiger partial charge is 0.481 e. The molecular formula is C11H15NO4. The van der Waals surface area contributed by atoms with E-state index in [0.717, 1.165) is 19.3 Å². The maximum Gasteiger partial charge on any atom is 0.303 e. The van der Waals surface area contributed by atoms with E-state index in [1.807, 2.05) is 0 Å². The van der Waals surface area contributed by atoms with Crippen molar-refractivity contribution in [1.29, 1.82) is 0 Å². The number of nitrogens with zero attached hydrogens (tertiary/aromatic N) is 1. The van der Waals surface area contributed by atoms with Crippen molar-refractivity contribution in [3.63, 3.8) is 0 Å². The molecule has 0 spiro atoms. The standard InChI is InChI=1S/C11H15NO4/c13-9(14)5-2-6-12-10(15)7-3-1-4-8(7)11(12)16/h7-8H,1-6H2,(H,13,14). The van der Waals surface area contributed by atoms with Gasteiger partial charge < -0.3 is 5.11 Å². The molecule has 2 unspecified atom stereocenters. The molecule has 0 aromatic heterocycles. The van der Waals surface area contributed by atoms with Crippen molar-refractivity contribution >= 4 is 17.8 Å². The molecule has 1 aliphatic carbocycles. The zero-order valence-corrected chi connectivity index (χ0v) is 9.02. The summed E-state index contributed by atoms with van der Waals surface area (Å²) in [4.78, 5) is 35.3. The summed E-state index contributed by atoms with van der Waals surface area (Å²) in [6.07, 6.45) is 2.93. The minimum absolute atomic E-state index is 0.00634. The van der Waals surface area contributed by atoms with E-state index in [2.05, 4.69) is 0 Å². The predicted octanol–water partition coefficient (Wildman–Crippen LogP) is 0.636. The first-order chi connectivity index (χ1) is 7.61. The van der Waals surface area contributed by atoms with Crippen LogP contribution in [0.15, 0.2) is 0 Å². The molecule has 1 saturated carbocycles. The Morgan fingerprint density at radius 2 is 1.81 bits per heavy atom. The molecule has 2 rings (SSSR count). The first-order valence-electron chi connectivity index (χ1n) is 5.68. The Morgan fingerprint density at radius 1 is 1.25 bits per heavy atom. The third-order valence-electron chi connectivity index (χ3n) is 3.45. The number of aliphatic carboxylic acids is 1. The average molecular weight is 225 g/mol. The third-order valence-corrected chi connectivity index (χ3v) is 3.45. The van der Waals surface area contributed by atoms with Crippen LogP contribution in [-0.4, -0.2) is 34.3 Å². The number of carboxylic acid groups (broad SMARTS) is 1. The molecule has 16 heavy (non-hydrogen) atoms. The monoisotopic (exact) mass is 225 g/mol. The van der Waals surface area contributed by atoms with Crippen LogP contribution in [0.25, 0.3) is 0 Å². The highest BCUT2D eigenvalue weighted by Gasteiger charge is 2.49. The lowest BCUT2D eigenvalue weighted by atomic mass is 10.00. The van der Waals surface area contributed by atoms with Gasteiger partial charge in [-0.3, -0.25) is 19.3 Å². The van der Waals surface area contributed by atoms with Crippen LogP contribution in [0, 0.1) is 11.8 Å². The lowest BCUT2D eigenvalue weighted by Crippen LogP contribution is -2.32. The van der Waals surface area contributed by atoms with Gasteiger partial charge >= 0.3 is 5.97 Å². The average Bonchev–Trinajstić information content (AvgIpc) is 2.77. The van der Waals surface area contributed by atoms with Gasteiger partial charge in [-0.2, -0.15) is 0 Å². The number of fused-ring (bicyclic) bond motifs is 1. The van der Waals surface area contributed by atoms with Crippen LogP contribution < -0.4 is 0 Å². The van der Waals surface area contributed by atoms with Crippen molar-refractivity contribution < 1.29 is 19.5 Å². The Bertz CT molecular complexity index is 317. The molecular weight excluding hydrogens is 210 g/mol. The highest BCUT2D eigenvalue weighted by atomic mass is 16.4. The molecule has 0 aromatic carbocycles. The summed E-state index contributed by atoms with van der Waals surface area (Å²) in [7, 11) is 0. The van der Waals surface area contributed by atoms with Crippen molar-refractivity contribution in [3.05, 3.63) is 0 Å². The van der Waals surface area contributed by atoms with Crippen LogP contribution in [0.5, 0.6) is 0 Å². The number of carboxylic acids is 1. The third kappa shape index (κ3) is 1.81. The van der Waals surface area contributed by atoms with Crippen molar-refractivity contribution in [1.82, 2.24) is 4.90 Å². The van der Waals surface area contributed by atoms with Crippen molar-refractivity contribution in [2.45, 2.75) is 32.1 Å². The zero-order valence-electron chi connectivity index (χ0n) is 9.02. The summed E-state index contributed by atoms with van der Waals surface area (Å²) in [6, 6.07) is 0. The quantitative estimate of drug-likeness (QED) is 0.712. The van der Waals surface area contributed by atoms with E-state index in [-0.39, 0.29) is 36.6 Å². The number of hydrogen-bond acceptors (Lipinski definition) is 3. The summed E-state index contributed by atoms with van der Waals surface area (Å²) in [6.45, 7) is 0.261. The van der Waals surface area contributed by atoms with E-state index in [1.54, 1.807) is 0 Å². The molecule has 1 aliphatic heterocycles. The summed E-state index contributed by atoms with van der Waals surface area (Å²) in [5.74, 6) is -1.29. The summed E-state index contributed by atoms with van der Waals surface area (Å²) in [5.41, 5.74) is 0. The smallest absolute Gasteiger partial charge is 0.303 e. The highest BCUT2D eigenvalue weighted by Crippen LogP contribution is 2.39. The van der Waals surface area contributed by atoms with E-state index in [9.17, 15) is 14.4 Å². The van der Waals surface area contributed by atoms with Crippen LogP contribution in [0.3, 0.4) is 0 Å². The Labute approximate surface area is 93.4 Å². The molecule has 1 saturated heterocycles. The second kappa shape index (κ2) is 4.23. The summed E-state index contributed by atoms with van der Waals surface area (Å²) in [5, 5.41) is 8.49. The minimum Gasteiger partial charge on any atom is -0.481 e. The Balaban J connectivity index is 1.93. The molecule has 1 heterocycles. The lowest BCUT2D eigenvalue weighted by molar-refractivity contribution is -0.142. The van der Waals surface area contributed by atoms with Gasteiger partial charge in [-0.15, -0.1) is 0 Å². The van der Waals surface area contributed by atoms with Gasteiger partial charge in [0.2, 0.25) is 11.8 Å². The van der Waals surface area contributed by atoms with Gasteiger partial charge in [-0.1, -0.05) is 6.42 Å². The fourth-order valence-corrected chi connectivity index (χ4v) is 2.67. The SMILES string of the molecule is O=C(O)CCCN1C(=O)C2CCCC2C1=O. The molecule has 5 nitrogen and oxygen atoms in total. The number of amides is 2. The number of imide groups is 1. The van der Waals surface area contributed by atoms with Crippen LogP contribution in [-0.2, 0) is 14.4 Å². The van der Waals surface area contributed by atoms with Crippen LogP contribution in [0.2, 0.25) is 0 Å². The summed E-state index contributed by atoms with van der Waals surface area (Å²) >= 11 is 0. The Kier molecular flexibility index (Phi) is 2.94. The number of rotatable bonds is 4. The van der Waals surface area contributed by atoms with Gasteiger partial charge in [-0.05, 0) is 19.3 Å². The van der Waals surface area contributed by atoms with Gasteiger partial charge in [0.05, 0.1) is 11.8 Å². The van der Waals surface area contributed by atoms with Crippen molar-refractivity contribution in [2.75, 3.05) is 6.54 Å². The van der Waals surface area contributed by atoms with Crippen LogP contribution in [0.4, 0.5) is 0 Å². The van der Waals surface area contributed by atoms with Gasteiger partial charge in [0, 0.05) is 13.0 Å². The van der Waals surface area contributed by atoms with Crippen LogP contribution in [0.1, 0.15) is 32.1 Å². The molecule has 2 fully saturated rings. The second-order valence-electron chi connectivity index (χ2n) is 4.47. The van der Waals surface area contributed by atoms with E-state index < -0.39 is 5.97 Å². The van der Waals surface area contributed by atoms with E-state index in [1.165, 1.54) is 4.90 Å². The Morgan fingerprint density at radius 3 is 2.31 bits per heavy atom. The number of hydrogen-bond donors (Lipinski definition) is 1. The normalized spacial score (nSPS) is 28.6. The fourth-order valence-electron chi connectivity index (χ4n) is 2.67. The van der Waals surface area contributed by atoms with E-state index in [4.69, 9.17) is 5.11 Å². The first kappa shape index (κ1) is 11.1. The first-order valence-corrected chi connectivity index (χ1v) is 5.68. The molecule has 0 radical (unpaired) electrons. The fraction of sp³-hybridized carbons (Fsp3) is 0.727. The topological polar surface area (TPSA) is 74.7 Å². The number of likely N-dealkylation sites (tertiary alicyclic amines) is 1. The molecule has 2 amide bonds. The lowest BCUT2D eigenvalue weighted by Gasteiger charge is -2.14. The van der Waals surface area contributed by atoms with Crippen molar-refractivity contribution in [3.8, 4) is 0 Å². The summed E-state index contributed by atoms with van der Waals surface area (Å²) < 4.78 is 0. The molecule has 0 aromatic rings. The number of carbonyl (C=O) groups is 3. The minimum atomic E-state index is -0.890. The van der Waals surface area contributed by atoms with Gasteiger partial charge in [0.15, 0.2) is 0 Å². The zero-order chi connectivity index (χ0) is 11.7. The molecule has 5 heteroatoms. The van der Waals surface area contributed by atoms with E-state index in [0.29, 0.717) is 6.42 Å². The maximum absolute atomic E-state index is 11.8. The van der Waals surface area contributed by atoms with Gasteiger partial charge in [-0.25, -0.2) is 0 Å².